The number of nitrogen functional groups attached to an aromatic ring is 1. The number of oxazole rings is 1. The summed E-state index contributed by atoms with van der Waals surface area (Å²) in [5.74, 6) is 0.740. The van der Waals surface area contributed by atoms with E-state index >= 15 is 0 Å². The van der Waals surface area contributed by atoms with Crippen LogP contribution in [-0.4, -0.2) is 35.7 Å². The number of nitrogens with two attached hydrogens (primary N) is 1. The van der Waals surface area contributed by atoms with Crippen molar-refractivity contribution in [2.45, 2.75) is 19.6 Å². The van der Waals surface area contributed by atoms with Crippen LogP contribution in [0.25, 0.3) is 11.1 Å². The molecule has 0 radical (unpaired) electrons. The van der Waals surface area contributed by atoms with Crippen molar-refractivity contribution < 1.29 is 9.15 Å². The summed E-state index contributed by atoms with van der Waals surface area (Å²) in [6.07, 6.45) is 0.277. The quantitative estimate of drug-likeness (QED) is 0.817. The molecule has 0 spiro atoms. The Labute approximate surface area is 106 Å². The molecular formula is C13H17N3O2. The van der Waals surface area contributed by atoms with E-state index in [2.05, 4.69) is 16.8 Å². The fourth-order valence-electron chi connectivity index (χ4n) is 2.29. The van der Waals surface area contributed by atoms with Crippen LogP contribution in [0.1, 0.15) is 12.8 Å². The molecule has 1 aliphatic heterocycles. The molecule has 1 aromatic heterocycles. The Morgan fingerprint density at radius 2 is 2.39 bits per heavy atom. The van der Waals surface area contributed by atoms with Gasteiger partial charge in [0.15, 0.2) is 5.58 Å². The van der Waals surface area contributed by atoms with Crippen LogP contribution in [0.5, 0.6) is 0 Å². The molecule has 18 heavy (non-hydrogen) atoms. The first kappa shape index (κ1) is 11.5. The van der Waals surface area contributed by atoms with E-state index in [0.717, 1.165) is 43.2 Å². The van der Waals surface area contributed by atoms with Gasteiger partial charge < -0.3 is 14.9 Å². The molecule has 1 fully saturated rings. The van der Waals surface area contributed by atoms with Crippen LogP contribution >= 0.6 is 0 Å². The van der Waals surface area contributed by atoms with Crippen LogP contribution in [0.4, 0.5) is 5.69 Å². The monoisotopic (exact) mass is 247 g/mol. The minimum absolute atomic E-state index is 0.277. The minimum Gasteiger partial charge on any atom is -0.439 e. The van der Waals surface area contributed by atoms with E-state index in [-0.39, 0.29) is 6.10 Å². The SMILES string of the molecule is CC1CN(Cc2nc3cc(N)ccc3o2)CCO1. The van der Waals surface area contributed by atoms with Gasteiger partial charge in [-0.1, -0.05) is 0 Å². The van der Waals surface area contributed by atoms with Crippen molar-refractivity contribution in [1.82, 2.24) is 9.88 Å². The van der Waals surface area contributed by atoms with E-state index in [9.17, 15) is 0 Å². The third-order valence-electron chi connectivity index (χ3n) is 3.14. The molecule has 3 rings (SSSR count). The van der Waals surface area contributed by atoms with Crippen LogP contribution in [0, 0.1) is 0 Å². The second-order valence-electron chi connectivity index (χ2n) is 4.75. The predicted octanol–water partition coefficient (Wildman–Crippen LogP) is 1.63. The summed E-state index contributed by atoms with van der Waals surface area (Å²) in [4.78, 5) is 6.76. The highest BCUT2D eigenvalue weighted by molar-refractivity contribution is 5.76. The Hall–Kier alpha value is -1.59. The van der Waals surface area contributed by atoms with Crippen LogP contribution in [0.2, 0.25) is 0 Å². The van der Waals surface area contributed by atoms with Crippen LogP contribution in [0.3, 0.4) is 0 Å². The van der Waals surface area contributed by atoms with Crippen molar-refractivity contribution in [3.05, 3.63) is 24.1 Å². The second-order valence-corrected chi connectivity index (χ2v) is 4.75. The molecule has 2 heterocycles. The predicted molar refractivity (Wildman–Crippen MR) is 69.1 cm³/mol. The highest BCUT2D eigenvalue weighted by Crippen LogP contribution is 2.19. The van der Waals surface area contributed by atoms with Gasteiger partial charge in [-0.2, -0.15) is 0 Å². The Kier molecular flexibility index (Phi) is 2.93. The van der Waals surface area contributed by atoms with Gasteiger partial charge in [0.05, 0.1) is 19.3 Å². The smallest absolute Gasteiger partial charge is 0.209 e. The lowest BCUT2D eigenvalue weighted by Crippen LogP contribution is -2.40. The molecule has 1 aliphatic rings. The average Bonchev–Trinajstić information content (AvgIpc) is 2.70. The van der Waals surface area contributed by atoms with Crippen LogP contribution in [-0.2, 0) is 11.3 Å². The highest BCUT2D eigenvalue weighted by atomic mass is 16.5. The normalized spacial score (nSPS) is 21.5. The zero-order chi connectivity index (χ0) is 12.5. The van der Waals surface area contributed by atoms with Gasteiger partial charge in [0.1, 0.15) is 5.52 Å². The number of morpholine rings is 1. The van der Waals surface area contributed by atoms with Gasteiger partial charge >= 0.3 is 0 Å². The van der Waals surface area contributed by atoms with Crippen molar-refractivity contribution in [2.75, 3.05) is 25.4 Å². The standard InChI is InChI=1S/C13H17N3O2/c1-9-7-16(4-5-17-9)8-13-15-11-6-10(14)2-3-12(11)18-13/h2-3,6,9H,4-5,7-8,14H2,1H3. The molecule has 5 heteroatoms. The molecule has 1 unspecified atom stereocenters. The Bertz CT molecular complexity index is 552. The van der Waals surface area contributed by atoms with Gasteiger partial charge in [-0.05, 0) is 25.1 Å². The van der Waals surface area contributed by atoms with E-state index < -0.39 is 0 Å². The largest absolute Gasteiger partial charge is 0.439 e. The van der Waals surface area contributed by atoms with Crippen molar-refractivity contribution in [3.8, 4) is 0 Å². The number of aromatic nitrogens is 1. The molecule has 0 amide bonds. The van der Waals surface area contributed by atoms with Crippen molar-refractivity contribution in [1.29, 1.82) is 0 Å². The van der Waals surface area contributed by atoms with E-state index in [4.69, 9.17) is 14.9 Å². The van der Waals surface area contributed by atoms with E-state index in [1.54, 1.807) is 0 Å². The lowest BCUT2D eigenvalue weighted by molar-refractivity contribution is -0.0234. The lowest BCUT2D eigenvalue weighted by atomic mass is 10.3. The number of ether oxygens (including phenoxy) is 1. The van der Waals surface area contributed by atoms with Crippen LogP contribution < -0.4 is 5.73 Å². The maximum atomic E-state index is 5.73. The van der Waals surface area contributed by atoms with Crippen molar-refractivity contribution in [3.63, 3.8) is 0 Å². The number of anilines is 1. The molecule has 1 aromatic carbocycles. The number of fused-ring (bicyclic) bond motifs is 1. The number of hydrogen-bond acceptors (Lipinski definition) is 5. The first-order valence-electron chi connectivity index (χ1n) is 6.19. The summed E-state index contributed by atoms with van der Waals surface area (Å²) < 4.78 is 11.2. The van der Waals surface area contributed by atoms with E-state index in [1.165, 1.54) is 0 Å². The Balaban J connectivity index is 1.78. The summed E-state index contributed by atoms with van der Waals surface area (Å²) in [5, 5.41) is 0. The molecule has 5 nitrogen and oxygen atoms in total. The number of nitrogens with zero attached hydrogens (tertiary/aromatic N) is 2. The highest BCUT2D eigenvalue weighted by Gasteiger charge is 2.18. The summed E-state index contributed by atoms with van der Waals surface area (Å²) in [6.45, 7) is 5.42. The number of benzene rings is 1. The molecule has 0 saturated carbocycles. The van der Waals surface area contributed by atoms with Gasteiger partial charge in [0.2, 0.25) is 5.89 Å². The molecule has 1 saturated heterocycles. The Morgan fingerprint density at radius 1 is 1.50 bits per heavy atom. The molecule has 0 bridgehead atoms. The summed E-state index contributed by atoms with van der Waals surface area (Å²) in [7, 11) is 0. The van der Waals surface area contributed by atoms with E-state index in [0.29, 0.717) is 5.69 Å². The van der Waals surface area contributed by atoms with Crippen molar-refractivity contribution in [2.24, 2.45) is 0 Å². The second kappa shape index (κ2) is 4.59. The average molecular weight is 247 g/mol. The zero-order valence-corrected chi connectivity index (χ0v) is 10.4. The molecule has 96 valence electrons. The van der Waals surface area contributed by atoms with E-state index in [1.807, 2.05) is 18.2 Å². The van der Waals surface area contributed by atoms with Crippen LogP contribution in [0.15, 0.2) is 22.6 Å². The zero-order valence-electron chi connectivity index (χ0n) is 10.4. The lowest BCUT2D eigenvalue weighted by Gasteiger charge is -2.29. The van der Waals surface area contributed by atoms with Gasteiger partial charge in [-0.25, -0.2) is 4.98 Å². The van der Waals surface area contributed by atoms with Crippen molar-refractivity contribution >= 4 is 16.8 Å². The third-order valence-corrected chi connectivity index (χ3v) is 3.14. The molecule has 1 atom stereocenters. The third kappa shape index (κ3) is 2.32. The molecule has 2 aromatic rings. The summed E-state index contributed by atoms with van der Waals surface area (Å²) in [5.41, 5.74) is 8.05. The number of rotatable bonds is 2. The first-order chi connectivity index (χ1) is 8.70. The fraction of sp³-hybridized carbons (Fsp3) is 0.462. The molecule has 2 N–H and O–H groups in total. The molecular weight excluding hydrogens is 230 g/mol. The fourth-order valence-corrected chi connectivity index (χ4v) is 2.29. The minimum atomic E-state index is 0.277. The van der Waals surface area contributed by atoms with Gasteiger partial charge in [0, 0.05) is 18.8 Å². The number of hydrogen-bond donors (Lipinski definition) is 1. The first-order valence-corrected chi connectivity index (χ1v) is 6.19. The summed E-state index contributed by atoms with van der Waals surface area (Å²) >= 11 is 0. The Morgan fingerprint density at radius 3 is 3.22 bits per heavy atom. The summed E-state index contributed by atoms with van der Waals surface area (Å²) in [6, 6.07) is 5.53. The van der Waals surface area contributed by atoms with Gasteiger partial charge in [-0.15, -0.1) is 0 Å². The topological polar surface area (TPSA) is 64.5 Å². The van der Waals surface area contributed by atoms with Gasteiger partial charge in [0.25, 0.3) is 0 Å². The maximum absolute atomic E-state index is 5.73. The van der Waals surface area contributed by atoms with Gasteiger partial charge in [-0.3, -0.25) is 4.90 Å². The molecule has 0 aliphatic carbocycles. The maximum Gasteiger partial charge on any atom is 0.209 e.